The number of carboxylic acid groups (broad SMARTS) is 1. The van der Waals surface area contributed by atoms with Gasteiger partial charge in [-0.25, -0.2) is 0 Å². The predicted molar refractivity (Wildman–Crippen MR) is 157 cm³/mol. The van der Waals surface area contributed by atoms with Gasteiger partial charge in [0.2, 0.25) is 5.62 Å². The number of phenols is 1. The van der Waals surface area contributed by atoms with Gasteiger partial charge in [0.25, 0.3) is 0 Å². The van der Waals surface area contributed by atoms with E-state index in [1.807, 2.05) is 94.6 Å². The van der Waals surface area contributed by atoms with E-state index in [0.29, 0.717) is 18.5 Å². The molecule has 40 heavy (non-hydrogen) atoms. The van der Waals surface area contributed by atoms with E-state index in [1.54, 1.807) is 16.7 Å². The van der Waals surface area contributed by atoms with Crippen LogP contribution < -0.4 is 5.62 Å². The van der Waals surface area contributed by atoms with Crippen molar-refractivity contribution in [2.45, 2.75) is 78.3 Å². The fourth-order valence-electron chi connectivity index (χ4n) is 5.16. The van der Waals surface area contributed by atoms with Gasteiger partial charge in [0.05, 0.1) is 24.1 Å². The van der Waals surface area contributed by atoms with Crippen molar-refractivity contribution in [1.29, 1.82) is 5.41 Å². The number of carbonyl (C=O) groups excluding carboxylic acids is 1. The Bertz CT molecular complexity index is 1610. The first-order valence-corrected chi connectivity index (χ1v) is 13.6. The number of imidazole rings is 1. The quantitative estimate of drug-likeness (QED) is 0.232. The number of Topliss-reactive ketones (excluding diaryl/α,β-unsaturated/α-hetero) is 1. The predicted octanol–water partition coefficient (Wildman–Crippen LogP) is 6.17. The lowest BCUT2D eigenvalue weighted by atomic mass is 9.78. The summed E-state index contributed by atoms with van der Waals surface area (Å²) in [7, 11) is 0. The zero-order chi connectivity index (χ0) is 29.4. The minimum atomic E-state index is -0.850. The van der Waals surface area contributed by atoms with Crippen molar-refractivity contribution in [2.24, 2.45) is 0 Å². The summed E-state index contributed by atoms with van der Waals surface area (Å²) < 4.78 is 3.58. The Hall–Kier alpha value is -4.13. The van der Waals surface area contributed by atoms with Crippen molar-refractivity contribution in [3.63, 3.8) is 0 Å². The van der Waals surface area contributed by atoms with Crippen molar-refractivity contribution in [2.75, 3.05) is 0 Å². The minimum Gasteiger partial charge on any atom is -0.507 e. The number of nitrogens with one attached hydrogen (secondary N) is 1. The number of hydrogen-bond acceptors (Lipinski definition) is 4. The molecule has 0 aliphatic heterocycles. The molecule has 7 heteroatoms. The van der Waals surface area contributed by atoms with Gasteiger partial charge >= 0.3 is 5.97 Å². The van der Waals surface area contributed by atoms with Crippen molar-refractivity contribution in [3.8, 4) is 5.75 Å². The molecule has 0 saturated heterocycles. The Kier molecular flexibility index (Phi) is 7.79. The lowest BCUT2D eigenvalue weighted by Crippen LogP contribution is -2.28. The molecular weight excluding hydrogens is 502 g/mol. The monoisotopic (exact) mass is 541 g/mol. The second-order valence-corrected chi connectivity index (χ2v) is 12.5. The van der Waals surface area contributed by atoms with Gasteiger partial charge in [0, 0.05) is 23.1 Å². The van der Waals surface area contributed by atoms with E-state index in [0.717, 1.165) is 33.3 Å². The van der Waals surface area contributed by atoms with Crippen LogP contribution in [-0.2, 0) is 35.1 Å². The zero-order valence-electron chi connectivity index (χ0n) is 24.2. The number of carbonyl (C=O) groups is 2. The van der Waals surface area contributed by atoms with Crippen LogP contribution in [0, 0.1) is 5.41 Å². The third-order valence-electron chi connectivity index (χ3n) is 7.38. The Labute approximate surface area is 235 Å². The van der Waals surface area contributed by atoms with Crippen LogP contribution in [-0.4, -0.2) is 31.1 Å². The molecule has 0 unspecified atom stereocenters. The molecule has 0 amide bonds. The van der Waals surface area contributed by atoms with Gasteiger partial charge in [-0.2, -0.15) is 0 Å². The Morgan fingerprint density at radius 3 is 1.82 bits per heavy atom. The number of aromatic nitrogens is 2. The number of carboxylic acids is 1. The number of aryl methyl sites for hydroxylation is 1. The SMILES string of the molecule is CC(C)(C)c1cc(C(=O)Cn2c(=N)n(Cc3ccccc3CCC(=O)O)c3ccccc32)cc(C(C)(C)C)c1O. The number of aliphatic carboxylic acids is 1. The number of hydrogen-bond donors (Lipinski definition) is 3. The van der Waals surface area contributed by atoms with E-state index < -0.39 is 5.97 Å². The molecule has 1 heterocycles. The average Bonchev–Trinajstić information content (AvgIpc) is 3.12. The molecule has 0 spiro atoms. The number of rotatable bonds is 8. The zero-order valence-corrected chi connectivity index (χ0v) is 24.2. The number of aromatic hydroxyl groups is 1. The first kappa shape index (κ1) is 28.9. The second-order valence-electron chi connectivity index (χ2n) is 12.5. The number of ketones is 1. The largest absolute Gasteiger partial charge is 0.507 e. The topological polar surface area (TPSA) is 108 Å². The van der Waals surface area contributed by atoms with Crippen LogP contribution in [0.3, 0.4) is 0 Å². The van der Waals surface area contributed by atoms with E-state index in [4.69, 9.17) is 5.41 Å². The minimum absolute atomic E-state index is 0.0229. The first-order chi connectivity index (χ1) is 18.7. The van der Waals surface area contributed by atoms with Crippen molar-refractivity contribution >= 4 is 22.8 Å². The van der Waals surface area contributed by atoms with Crippen LogP contribution in [0.15, 0.2) is 60.7 Å². The summed E-state index contributed by atoms with van der Waals surface area (Å²) in [6.45, 7) is 12.5. The first-order valence-electron chi connectivity index (χ1n) is 13.6. The van der Waals surface area contributed by atoms with E-state index >= 15 is 0 Å². The summed E-state index contributed by atoms with van der Waals surface area (Å²) in [5.74, 6) is -0.764. The molecule has 3 N–H and O–H groups in total. The molecule has 0 aliphatic rings. The maximum Gasteiger partial charge on any atom is 0.303 e. The van der Waals surface area contributed by atoms with Crippen molar-refractivity contribution in [3.05, 3.63) is 94.1 Å². The summed E-state index contributed by atoms with van der Waals surface area (Å²) in [6.07, 6.45) is 0.439. The van der Waals surface area contributed by atoms with Gasteiger partial charge in [-0.3, -0.25) is 15.0 Å². The average molecular weight is 542 g/mol. The standard InChI is InChI=1S/C33H39N3O4/c1-32(2,3)24-17-23(18-25(30(24)40)33(4,5)6)28(37)20-36-27-14-10-9-13-26(27)35(31(36)34)19-22-12-8-7-11-21(22)15-16-29(38)39/h7-14,17-18,34,40H,15-16,19-20H2,1-6H3,(H,38,39). The fraction of sp³-hybridized carbons (Fsp3) is 0.364. The molecule has 0 aliphatic carbocycles. The summed E-state index contributed by atoms with van der Waals surface area (Å²) >= 11 is 0. The molecule has 0 radical (unpaired) electrons. The van der Waals surface area contributed by atoms with Crippen LogP contribution in [0.1, 0.15) is 80.6 Å². The fourth-order valence-corrected chi connectivity index (χ4v) is 5.16. The van der Waals surface area contributed by atoms with Crippen LogP contribution in [0.25, 0.3) is 11.0 Å². The highest BCUT2D eigenvalue weighted by Crippen LogP contribution is 2.40. The Morgan fingerprint density at radius 2 is 1.30 bits per heavy atom. The van der Waals surface area contributed by atoms with Gasteiger partial charge in [-0.15, -0.1) is 0 Å². The molecule has 1 aromatic heterocycles. The van der Waals surface area contributed by atoms with E-state index in [1.165, 1.54) is 0 Å². The molecule has 7 nitrogen and oxygen atoms in total. The normalized spacial score (nSPS) is 12.2. The molecule has 4 rings (SSSR count). The molecule has 0 saturated carbocycles. The Balaban J connectivity index is 1.77. The van der Waals surface area contributed by atoms with Crippen molar-refractivity contribution in [1.82, 2.24) is 9.13 Å². The lowest BCUT2D eigenvalue weighted by molar-refractivity contribution is -0.136. The van der Waals surface area contributed by atoms with E-state index in [2.05, 4.69) is 0 Å². The Morgan fingerprint density at radius 1 is 0.800 bits per heavy atom. The molecule has 3 aromatic carbocycles. The third-order valence-corrected chi connectivity index (χ3v) is 7.38. The van der Waals surface area contributed by atoms with Gasteiger partial charge in [0.1, 0.15) is 5.75 Å². The maximum atomic E-state index is 13.8. The van der Waals surface area contributed by atoms with Crippen LogP contribution in [0.5, 0.6) is 5.75 Å². The number of para-hydroxylation sites is 2. The summed E-state index contributed by atoms with van der Waals surface area (Å²) in [5.41, 5.74) is 4.89. The third kappa shape index (κ3) is 5.88. The maximum absolute atomic E-state index is 13.8. The summed E-state index contributed by atoms with van der Waals surface area (Å²) in [6, 6.07) is 18.9. The number of fused-ring (bicyclic) bond motifs is 1. The molecule has 4 aromatic rings. The molecule has 0 atom stereocenters. The molecule has 0 bridgehead atoms. The smallest absolute Gasteiger partial charge is 0.303 e. The van der Waals surface area contributed by atoms with Crippen LogP contribution >= 0.6 is 0 Å². The van der Waals surface area contributed by atoms with Gasteiger partial charge in [-0.1, -0.05) is 77.9 Å². The van der Waals surface area contributed by atoms with Crippen LogP contribution in [0.4, 0.5) is 0 Å². The molecule has 0 fully saturated rings. The van der Waals surface area contributed by atoms with Crippen molar-refractivity contribution < 1.29 is 19.8 Å². The van der Waals surface area contributed by atoms with E-state index in [9.17, 15) is 19.8 Å². The molecular formula is C33H39N3O4. The second kappa shape index (κ2) is 10.8. The van der Waals surface area contributed by atoms with Gasteiger partial charge in [0.15, 0.2) is 5.78 Å². The summed E-state index contributed by atoms with van der Waals surface area (Å²) in [4.78, 5) is 25.0. The van der Waals surface area contributed by atoms with Gasteiger partial charge in [-0.05, 0) is 52.6 Å². The number of phenolic OH excluding ortho intramolecular Hbond substituents is 1. The van der Waals surface area contributed by atoms with Crippen LogP contribution in [0.2, 0.25) is 0 Å². The van der Waals surface area contributed by atoms with Gasteiger partial charge < -0.3 is 19.3 Å². The highest BCUT2D eigenvalue weighted by atomic mass is 16.4. The number of benzene rings is 3. The molecule has 210 valence electrons. The highest BCUT2D eigenvalue weighted by molar-refractivity contribution is 5.97. The highest BCUT2D eigenvalue weighted by Gasteiger charge is 2.28. The lowest BCUT2D eigenvalue weighted by Gasteiger charge is -2.28. The van der Waals surface area contributed by atoms with E-state index in [-0.39, 0.29) is 40.9 Å². The summed E-state index contributed by atoms with van der Waals surface area (Å²) in [5, 5.41) is 29.3. The number of nitrogens with zero attached hydrogens (tertiary/aromatic N) is 2.